The van der Waals surface area contributed by atoms with Crippen molar-refractivity contribution < 1.29 is 19.6 Å². The monoisotopic (exact) mass is 391 g/mol. The van der Waals surface area contributed by atoms with Crippen molar-refractivity contribution in [1.29, 1.82) is 0 Å². The minimum atomic E-state index is -0.706. The molecule has 0 radical (unpaired) electrons. The number of hydrogen-bond acceptors (Lipinski definition) is 6. The van der Waals surface area contributed by atoms with Gasteiger partial charge in [-0.15, -0.1) is 0 Å². The molecule has 1 amide bonds. The number of nitro benzene ring substituents is 1. The molecule has 0 spiro atoms. The molecule has 146 valence electrons. The van der Waals surface area contributed by atoms with Crippen LogP contribution in [0.5, 0.6) is 11.5 Å². The average molecular weight is 391 g/mol. The van der Waals surface area contributed by atoms with Crippen LogP contribution in [0.15, 0.2) is 77.9 Å². The minimum Gasteiger partial charge on any atom is -0.502 e. The molecule has 0 atom stereocenters. The SMILES string of the molecule is O=C(COc1ccc(-c2ccccc2)cc1)NN=Cc1cccc([N+](=O)[O-])c1O. The molecule has 2 N–H and O–H groups in total. The largest absolute Gasteiger partial charge is 0.502 e. The van der Waals surface area contributed by atoms with Crippen LogP contribution < -0.4 is 10.2 Å². The first-order valence-corrected chi connectivity index (χ1v) is 8.61. The summed E-state index contributed by atoms with van der Waals surface area (Å²) in [5.74, 6) is -0.510. The molecule has 0 saturated heterocycles. The molecular weight excluding hydrogens is 374 g/mol. The van der Waals surface area contributed by atoms with Crippen LogP contribution in [0.2, 0.25) is 0 Å². The molecule has 8 heteroatoms. The molecule has 0 aromatic heterocycles. The molecule has 0 saturated carbocycles. The maximum atomic E-state index is 11.8. The number of carbonyl (C=O) groups is 1. The predicted molar refractivity (Wildman–Crippen MR) is 108 cm³/mol. The van der Waals surface area contributed by atoms with E-state index in [2.05, 4.69) is 10.5 Å². The fourth-order valence-electron chi connectivity index (χ4n) is 2.53. The van der Waals surface area contributed by atoms with Crippen molar-refractivity contribution in [3.8, 4) is 22.6 Å². The molecule has 3 aromatic carbocycles. The van der Waals surface area contributed by atoms with Crippen LogP contribution in [0, 0.1) is 10.1 Å². The van der Waals surface area contributed by atoms with Gasteiger partial charge in [0.25, 0.3) is 5.91 Å². The highest BCUT2D eigenvalue weighted by Crippen LogP contribution is 2.27. The minimum absolute atomic E-state index is 0.108. The van der Waals surface area contributed by atoms with Crippen molar-refractivity contribution in [2.24, 2.45) is 5.10 Å². The second-order valence-electron chi connectivity index (χ2n) is 5.94. The lowest BCUT2D eigenvalue weighted by Gasteiger charge is -2.06. The number of nitrogens with one attached hydrogen (secondary N) is 1. The first-order valence-electron chi connectivity index (χ1n) is 8.61. The molecule has 0 heterocycles. The van der Waals surface area contributed by atoms with Crippen molar-refractivity contribution in [2.45, 2.75) is 0 Å². The predicted octanol–water partition coefficient (Wildman–Crippen LogP) is 3.50. The third kappa shape index (κ3) is 5.16. The number of benzene rings is 3. The van der Waals surface area contributed by atoms with Gasteiger partial charge in [0.2, 0.25) is 5.75 Å². The van der Waals surface area contributed by atoms with Gasteiger partial charge in [-0.3, -0.25) is 14.9 Å². The highest BCUT2D eigenvalue weighted by atomic mass is 16.6. The highest BCUT2D eigenvalue weighted by Gasteiger charge is 2.15. The van der Waals surface area contributed by atoms with Gasteiger partial charge in [0.15, 0.2) is 6.61 Å². The van der Waals surface area contributed by atoms with E-state index in [-0.39, 0.29) is 12.2 Å². The number of nitro groups is 1. The molecule has 3 rings (SSSR count). The number of ether oxygens (including phenoxy) is 1. The third-order valence-corrected chi connectivity index (χ3v) is 3.97. The summed E-state index contributed by atoms with van der Waals surface area (Å²) in [5.41, 5.74) is 4.02. The van der Waals surface area contributed by atoms with Crippen LogP contribution in [0.1, 0.15) is 5.56 Å². The Morgan fingerprint density at radius 3 is 2.41 bits per heavy atom. The fourth-order valence-corrected chi connectivity index (χ4v) is 2.53. The van der Waals surface area contributed by atoms with Crippen LogP contribution in [-0.4, -0.2) is 28.8 Å². The zero-order valence-electron chi connectivity index (χ0n) is 15.2. The number of hydrogen-bond donors (Lipinski definition) is 2. The second kappa shape index (κ2) is 9.14. The van der Waals surface area contributed by atoms with Gasteiger partial charge >= 0.3 is 5.69 Å². The van der Waals surface area contributed by atoms with Gasteiger partial charge in [-0.05, 0) is 29.3 Å². The number of phenolic OH excluding ortho intramolecular Hbond substituents is 1. The summed E-state index contributed by atoms with van der Waals surface area (Å²) in [6.07, 6.45) is 1.12. The summed E-state index contributed by atoms with van der Waals surface area (Å²) >= 11 is 0. The number of rotatable bonds is 7. The Kier molecular flexibility index (Phi) is 6.16. The average Bonchev–Trinajstić information content (AvgIpc) is 2.74. The Morgan fingerprint density at radius 1 is 1.03 bits per heavy atom. The number of amides is 1. The summed E-state index contributed by atoms with van der Waals surface area (Å²) in [5, 5.41) is 24.3. The van der Waals surface area contributed by atoms with Gasteiger partial charge in [0.05, 0.1) is 11.1 Å². The van der Waals surface area contributed by atoms with E-state index in [1.54, 1.807) is 12.1 Å². The van der Waals surface area contributed by atoms with Gasteiger partial charge in [-0.2, -0.15) is 5.10 Å². The molecule has 8 nitrogen and oxygen atoms in total. The number of nitrogens with zero attached hydrogens (tertiary/aromatic N) is 2. The molecule has 0 aliphatic rings. The van der Waals surface area contributed by atoms with E-state index in [4.69, 9.17) is 4.74 Å². The number of phenols is 1. The van der Waals surface area contributed by atoms with Gasteiger partial charge in [-0.1, -0.05) is 48.5 Å². The van der Waals surface area contributed by atoms with E-state index < -0.39 is 22.3 Å². The van der Waals surface area contributed by atoms with E-state index in [1.165, 1.54) is 18.2 Å². The quantitative estimate of drug-likeness (QED) is 0.363. The number of aromatic hydroxyl groups is 1. The lowest BCUT2D eigenvalue weighted by molar-refractivity contribution is -0.385. The highest BCUT2D eigenvalue weighted by molar-refractivity contribution is 5.87. The smallest absolute Gasteiger partial charge is 0.311 e. The van der Waals surface area contributed by atoms with Crippen molar-refractivity contribution in [3.63, 3.8) is 0 Å². The first-order chi connectivity index (χ1) is 14.0. The first kappa shape index (κ1) is 19.6. The van der Waals surface area contributed by atoms with E-state index in [9.17, 15) is 20.0 Å². The van der Waals surface area contributed by atoms with Gasteiger partial charge in [0.1, 0.15) is 5.75 Å². The maximum Gasteiger partial charge on any atom is 0.311 e. The van der Waals surface area contributed by atoms with Crippen LogP contribution >= 0.6 is 0 Å². The zero-order chi connectivity index (χ0) is 20.6. The Morgan fingerprint density at radius 2 is 1.72 bits per heavy atom. The molecule has 3 aromatic rings. The Labute approximate surface area is 166 Å². The standard InChI is InChI=1S/C21H17N3O5/c25-20(23-22-13-17-7-4-8-19(21(17)26)24(27)28)14-29-18-11-9-16(10-12-18)15-5-2-1-3-6-15/h1-13,26H,14H2,(H,23,25). The lowest BCUT2D eigenvalue weighted by Crippen LogP contribution is -2.24. The zero-order valence-corrected chi connectivity index (χ0v) is 15.2. The fraction of sp³-hybridized carbons (Fsp3) is 0.0476. The van der Waals surface area contributed by atoms with Crippen LogP contribution in [0.25, 0.3) is 11.1 Å². The summed E-state index contributed by atoms with van der Waals surface area (Å²) in [7, 11) is 0. The second-order valence-corrected chi connectivity index (χ2v) is 5.94. The van der Waals surface area contributed by atoms with E-state index >= 15 is 0 Å². The molecule has 29 heavy (non-hydrogen) atoms. The molecule has 0 fully saturated rings. The van der Waals surface area contributed by atoms with Crippen LogP contribution in [-0.2, 0) is 4.79 Å². The van der Waals surface area contributed by atoms with Gasteiger partial charge < -0.3 is 9.84 Å². The summed E-state index contributed by atoms with van der Waals surface area (Å²) < 4.78 is 5.41. The molecule has 0 unspecified atom stereocenters. The topological polar surface area (TPSA) is 114 Å². The normalized spacial score (nSPS) is 10.6. The van der Waals surface area contributed by atoms with Crippen LogP contribution in [0.4, 0.5) is 5.69 Å². The maximum absolute atomic E-state index is 11.8. The number of carbonyl (C=O) groups excluding carboxylic acids is 1. The Balaban J connectivity index is 1.52. The Bertz CT molecular complexity index is 1030. The van der Waals surface area contributed by atoms with E-state index in [1.807, 2.05) is 42.5 Å². The number of hydrazone groups is 1. The van der Waals surface area contributed by atoms with Crippen LogP contribution in [0.3, 0.4) is 0 Å². The molecule has 0 aliphatic carbocycles. The van der Waals surface area contributed by atoms with Gasteiger partial charge in [0, 0.05) is 11.6 Å². The molecular formula is C21H17N3O5. The third-order valence-electron chi connectivity index (χ3n) is 3.97. The van der Waals surface area contributed by atoms with Gasteiger partial charge in [-0.25, -0.2) is 5.43 Å². The molecule has 0 aliphatic heterocycles. The molecule has 0 bridgehead atoms. The van der Waals surface area contributed by atoms with Crippen molar-refractivity contribution in [2.75, 3.05) is 6.61 Å². The summed E-state index contributed by atoms with van der Waals surface area (Å²) in [6.45, 7) is -0.261. The van der Waals surface area contributed by atoms with E-state index in [0.717, 1.165) is 17.3 Å². The summed E-state index contributed by atoms with van der Waals surface area (Å²) in [6, 6.07) is 21.2. The Hall–Kier alpha value is -4.20. The van der Waals surface area contributed by atoms with Crippen molar-refractivity contribution >= 4 is 17.8 Å². The lowest BCUT2D eigenvalue weighted by atomic mass is 10.1. The van der Waals surface area contributed by atoms with Crippen molar-refractivity contribution in [3.05, 3.63) is 88.5 Å². The van der Waals surface area contributed by atoms with E-state index in [0.29, 0.717) is 5.75 Å². The number of para-hydroxylation sites is 1. The summed E-state index contributed by atoms with van der Waals surface area (Å²) in [4.78, 5) is 21.9. The van der Waals surface area contributed by atoms with Crippen molar-refractivity contribution in [1.82, 2.24) is 5.43 Å².